The van der Waals surface area contributed by atoms with Crippen LogP contribution in [0.3, 0.4) is 0 Å². The van der Waals surface area contributed by atoms with Gasteiger partial charge in [0.2, 0.25) is 0 Å². The lowest BCUT2D eigenvalue weighted by Crippen LogP contribution is -2.22. The molecule has 2 aromatic carbocycles. The van der Waals surface area contributed by atoms with Crippen LogP contribution in [-0.4, -0.2) is 10.8 Å². The second-order valence-corrected chi connectivity index (χ2v) is 4.90. The number of nitro benzene ring substituents is 1. The average molecular weight is 289 g/mol. The SMILES string of the molecule is O=C1c2cc([N+](=O)[O-])ccc2CN1c1ccc(Cl)cc1. The fourth-order valence-corrected chi connectivity index (χ4v) is 2.36. The highest BCUT2D eigenvalue weighted by atomic mass is 35.5. The van der Waals surface area contributed by atoms with Crippen molar-refractivity contribution in [1.82, 2.24) is 0 Å². The van der Waals surface area contributed by atoms with Crippen LogP contribution in [0.2, 0.25) is 5.02 Å². The summed E-state index contributed by atoms with van der Waals surface area (Å²) in [7, 11) is 0. The Hall–Kier alpha value is -2.40. The largest absolute Gasteiger partial charge is 0.304 e. The number of anilines is 1. The van der Waals surface area contributed by atoms with Crippen LogP contribution in [0.4, 0.5) is 11.4 Å². The van der Waals surface area contributed by atoms with Crippen molar-refractivity contribution >= 4 is 28.9 Å². The summed E-state index contributed by atoms with van der Waals surface area (Å²) in [5, 5.41) is 11.4. The van der Waals surface area contributed by atoms with Crippen LogP contribution >= 0.6 is 11.6 Å². The molecule has 1 aliphatic heterocycles. The van der Waals surface area contributed by atoms with E-state index in [1.54, 1.807) is 35.2 Å². The molecule has 0 spiro atoms. The van der Waals surface area contributed by atoms with Gasteiger partial charge in [-0.2, -0.15) is 0 Å². The Balaban J connectivity index is 1.98. The molecule has 6 heteroatoms. The zero-order valence-corrected chi connectivity index (χ0v) is 11.0. The van der Waals surface area contributed by atoms with E-state index in [0.717, 1.165) is 11.3 Å². The molecule has 0 saturated heterocycles. The molecule has 2 aromatic rings. The van der Waals surface area contributed by atoms with Crippen molar-refractivity contribution < 1.29 is 9.72 Å². The second kappa shape index (κ2) is 4.61. The zero-order valence-electron chi connectivity index (χ0n) is 10.2. The van der Waals surface area contributed by atoms with Crippen LogP contribution in [0.1, 0.15) is 15.9 Å². The zero-order chi connectivity index (χ0) is 14.3. The minimum absolute atomic E-state index is 0.0740. The molecular weight excluding hydrogens is 280 g/mol. The van der Waals surface area contributed by atoms with Gasteiger partial charge in [-0.15, -0.1) is 0 Å². The number of non-ortho nitro benzene ring substituents is 1. The van der Waals surface area contributed by atoms with Gasteiger partial charge in [-0.3, -0.25) is 14.9 Å². The van der Waals surface area contributed by atoms with Crippen molar-refractivity contribution in [3.8, 4) is 0 Å². The number of halogens is 1. The lowest BCUT2D eigenvalue weighted by Gasteiger charge is -2.15. The predicted octanol–water partition coefficient (Wildman–Crippen LogP) is 3.41. The van der Waals surface area contributed by atoms with Crippen LogP contribution in [0.15, 0.2) is 42.5 Å². The first-order valence-electron chi connectivity index (χ1n) is 5.91. The van der Waals surface area contributed by atoms with Gasteiger partial charge in [-0.05, 0) is 35.9 Å². The van der Waals surface area contributed by atoms with Crippen molar-refractivity contribution in [2.45, 2.75) is 6.54 Å². The van der Waals surface area contributed by atoms with E-state index in [4.69, 9.17) is 11.6 Å². The Morgan fingerprint density at radius 2 is 1.85 bits per heavy atom. The van der Waals surface area contributed by atoms with Crippen LogP contribution < -0.4 is 4.90 Å². The molecule has 1 heterocycles. The van der Waals surface area contributed by atoms with E-state index in [1.807, 2.05) is 0 Å². The van der Waals surface area contributed by atoms with E-state index in [2.05, 4.69) is 0 Å². The number of benzene rings is 2. The first-order chi connectivity index (χ1) is 9.56. The number of amides is 1. The van der Waals surface area contributed by atoms with Crippen molar-refractivity contribution in [3.05, 3.63) is 68.7 Å². The monoisotopic (exact) mass is 288 g/mol. The number of fused-ring (bicyclic) bond motifs is 1. The highest BCUT2D eigenvalue weighted by molar-refractivity contribution is 6.30. The van der Waals surface area contributed by atoms with Gasteiger partial charge in [0.05, 0.1) is 17.0 Å². The van der Waals surface area contributed by atoms with Gasteiger partial charge in [0.25, 0.3) is 11.6 Å². The number of hydrogen-bond acceptors (Lipinski definition) is 3. The fourth-order valence-electron chi connectivity index (χ4n) is 2.23. The summed E-state index contributed by atoms with van der Waals surface area (Å²) in [6.07, 6.45) is 0. The summed E-state index contributed by atoms with van der Waals surface area (Å²) in [5.41, 5.74) is 1.82. The van der Waals surface area contributed by atoms with Gasteiger partial charge in [-0.1, -0.05) is 11.6 Å². The van der Waals surface area contributed by atoms with E-state index in [1.165, 1.54) is 12.1 Å². The standard InChI is InChI=1S/C14H9ClN2O3/c15-10-2-5-11(6-3-10)16-8-9-1-4-12(17(19)20)7-13(9)14(16)18/h1-7H,8H2. The molecule has 100 valence electrons. The Kier molecular flexibility index (Phi) is 2.91. The summed E-state index contributed by atoms with van der Waals surface area (Å²) < 4.78 is 0. The van der Waals surface area contributed by atoms with Crippen molar-refractivity contribution in [1.29, 1.82) is 0 Å². The van der Waals surface area contributed by atoms with E-state index in [9.17, 15) is 14.9 Å². The molecule has 0 aromatic heterocycles. The molecule has 20 heavy (non-hydrogen) atoms. The molecule has 0 N–H and O–H groups in total. The Labute approximate surface area is 119 Å². The van der Waals surface area contributed by atoms with Crippen LogP contribution in [-0.2, 0) is 6.54 Å². The molecule has 3 rings (SSSR count). The van der Waals surface area contributed by atoms with Crippen molar-refractivity contribution in [2.24, 2.45) is 0 Å². The number of carbonyl (C=O) groups excluding carboxylic acids is 1. The molecule has 1 amide bonds. The molecule has 0 atom stereocenters. The summed E-state index contributed by atoms with van der Waals surface area (Å²) >= 11 is 5.82. The minimum Gasteiger partial charge on any atom is -0.304 e. The third-order valence-electron chi connectivity index (χ3n) is 3.25. The molecule has 1 aliphatic rings. The summed E-state index contributed by atoms with van der Waals surface area (Å²) in [4.78, 5) is 24.2. The molecule has 5 nitrogen and oxygen atoms in total. The van der Waals surface area contributed by atoms with E-state index in [0.29, 0.717) is 17.1 Å². The maximum absolute atomic E-state index is 12.3. The smallest absolute Gasteiger partial charge is 0.270 e. The molecule has 0 bridgehead atoms. The highest BCUT2D eigenvalue weighted by Gasteiger charge is 2.30. The predicted molar refractivity (Wildman–Crippen MR) is 75.1 cm³/mol. The van der Waals surface area contributed by atoms with E-state index in [-0.39, 0.29) is 11.6 Å². The second-order valence-electron chi connectivity index (χ2n) is 4.47. The van der Waals surface area contributed by atoms with Crippen molar-refractivity contribution in [3.63, 3.8) is 0 Å². The molecule has 0 saturated carbocycles. The lowest BCUT2D eigenvalue weighted by atomic mass is 10.1. The maximum atomic E-state index is 12.3. The number of carbonyl (C=O) groups is 1. The molecule has 0 fully saturated rings. The van der Waals surface area contributed by atoms with Crippen molar-refractivity contribution in [2.75, 3.05) is 4.90 Å². The lowest BCUT2D eigenvalue weighted by molar-refractivity contribution is -0.384. The van der Waals surface area contributed by atoms with Crippen LogP contribution in [0.25, 0.3) is 0 Å². The van der Waals surface area contributed by atoms with E-state index >= 15 is 0 Å². The Bertz CT molecular complexity index is 713. The van der Waals surface area contributed by atoms with E-state index < -0.39 is 4.92 Å². The number of nitro groups is 1. The highest BCUT2D eigenvalue weighted by Crippen LogP contribution is 2.31. The number of nitrogens with zero attached hydrogens (tertiary/aromatic N) is 2. The van der Waals surface area contributed by atoms with Gasteiger partial charge in [-0.25, -0.2) is 0 Å². The summed E-state index contributed by atoms with van der Waals surface area (Å²) in [5.74, 6) is -0.231. The Morgan fingerprint density at radius 1 is 1.15 bits per heavy atom. The first-order valence-corrected chi connectivity index (χ1v) is 6.29. The van der Waals surface area contributed by atoms with Gasteiger partial charge < -0.3 is 4.90 Å². The third kappa shape index (κ3) is 2.02. The number of hydrogen-bond donors (Lipinski definition) is 0. The molecule has 0 radical (unpaired) electrons. The normalized spacial score (nSPS) is 13.4. The van der Waals surface area contributed by atoms with Gasteiger partial charge in [0.1, 0.15) is 0 Å². The van der Waals surface area contributed by atoms with Crippen LogP contribution in [0, 0.1) is 10.1 Å². The summed E-state index contributed by atoms with van der Waals surface area (Å²) in [6.45, 7) is 0.411. The molecule has 0 unspecified atom stereocenters. The summed E-state index contributed by atoms with van der Waals surface area (Å²) in [6, 6.07) is 11.3. The maximum Gasteiger partial charge on any atom is 0.270 e. The molecule has 0 aliphatic carbocycles. The molecular formula is C14H9ClN2O3. The first kappa shape index (κ1) is 12.6. The van der Waals surface area contributed by atoms with Gasteiger partial charge in [0, 0.05) is 22.8 Å². The van der Waals surface area contributed by atoms with Crippen LogP contribution in [0.5, 0.6) is 0 Å². The minimum atomic E-state index is -0.501. The van der Waals surface area contributed by atoms with Gasteiger partial charge >= 0.3 is 0 Å². The number of rotatable bonds is 2. The fraction of sp³-hybridized carbons (Fsp3) is 0.0714. The topological polar surface area (TPSA) is 63.4 Å². The van der Waals surface area contributed by atoms with Gasteiger partial charge in [0.15, 0.2) is 0 Å². The quantitative estimate of drug-likeness (QED) is 0.628. The average Bonchev–Trinajstić information content (AvgIpc) is 2.76. The Morgan fingerprint density at radius 3 is 2.50 bits per heavy atom. The third-order valence-corrected chi connectivity index (χ3v) is 3.50.